The quantitative estimate of drug-likeness (QED) is 0.483. The van der Waals surface area contributed by atoms with E-state index in [4.69, 9.17) is 10.1 Å². The van der Waals surface area contributed by atoms with Crippen molar-refractivity contribution in [3.8, 4) is 28.7 Å². The Morgan fingerprint density at radius 2 is 1.96 bits per heavy atom. The fraction of sp³-hybridized carbons (Fsp3) is 0.111. The van der Waals surface area contributed by atoms with Crippen molar-refractivity contribution in [2.75, 3.05) is 7.11 Å². The van der Waals surface area contributed by atoms with Crippen molar-refractivity contribution in [3.05, 3.63) is 47.3 Å². The fourth-order valence-electron chi connectivity index (χ4n) is 2.44. The second-order valence-electron chi connectivity index (χ2n) is 5.33. The summed E-state index contributed by atoms with van der Waals surface area (Å²) in [5.74, 6) is -3.69. The van der Waals surface area contributed by atoms with Crippen LogP contribution in [0.25, 0.3) is 11.1 Å². The SMILES string of the molecule is COc1cccc(-c2c(C#N)ccc(O)c2C(=O)NC(=N)NC(C)=O)c1F. The molecule has 0 spiro atoms. The predicted molar refractivity (Wildman–Crippen MR) is 93.8 cm³/mol. The number of phenolic OH excluding ortho intramolecular Hbond substituents is 1. The molecule has 27 heavy (non-hydrogen) atoms. The number of nitrogens with zero attached hydrogens (tertiary/aromatic N) is 1. The van der Waals surface area contributed by atoms with Crippen molar-refractivity contribution in [3.63, 3.8) is 0 Å². The number of hydrogen-bond acceptors (Lipinski definition) is 6. The molecule has 0 aromatic heterocycles. The maximum absolute atomic E-state index is 14.7. The van der Waals surface area contributed by atoms with Gasteiger partial charge in [-0.1, -0.05) is 12.1 Å². The number of amides is 2. The Labute approximate surface area is 153 Å². The molecule has 4 N–H and O–H groups in total. The summed E-state index contributed by atoms with van der Waals surface area (Å²) >= 11 is 0. The highest BCUT2D eigenvalue weighted by molar-refractivity contribution is 6.13. The van der Waals surface area contributed by atoms with Gasteiger partial charge in [-0.25, -0.2) is 4.39 Å². The maximum Gasteiger partial charge on any atom is 0.262 e. The first-order valence-corrected chi connectivity index (χ1v) is 7.56. The molecule has 138 valence electrons. The van der Waals surface area contributed by atoms with Gasteiger partial charge in [0.2, 0.25) is 11.9 Å². The largest absolute Gasteiger partial charge is 0.507 e. The molecule has 0 aliphatic rings. The van der Waals surface area contributed by atoms with Crippen LogP contribution >= 0.6 is 0 Å². The number of phenols is 1. The van der Waals surface area contributed by atoms with Crippen LogP contribution in [-0.2, 0) is 4.79 Å². The maximum atomic E-state index is 14.7. The Bertz CT molecular complexity index is 982. The number of halogens is 1. The molecule has 0 saturated heterocycles. The van der Waals surface area contributed by atoms with Gasteiger partial charge in [0.1, 0.15) is 5.75 Å². The molecule has 2 rings (SSSR count). The third-order valence-corrected chi connectivity index (χ3v) is 3.52. The van der Waals surface area contributed by atoms with E-state index in [2.05, 4.69) is 10.6 Å². The van der Waals surface area contributed by atoms with Crippen LogP contribution in [-0.4, -0.2) is 30.0 Å². The van der Waals surface area contributed by atoms with E-state index in [0.29, 0.717) is 0 Å². The second-order valence-corrected chi connectivity index (χ2v) is 5.33. The lowest BCUT2D eigenvalue weighted by molar-refractivity contribution is -0.117. The number of benzene rings is 2. The van der Waals surface area contributed by atoms with Gasteiger partial charge in [0.05, 0.1) is 24.3 Å². The van der Waals surface area contributed by atoms with Gasteiger partial charge >= 0.3 is 0 Å². The average molecular weight is 370 g/mol. The Morgan fingerprint density at radius 1 is 1.26 bits per heavy atom. The van der Waals surface area contributed by atoms with Gasteiger partial charge in [0.15, 0.2) is 11.6 Å². The molecule has 0 radical (unpaired) electrons. The van der Waals surface area contributed by atoms with Gasteiger partial charge in [-0.3, -0.25) is 25.6 Å². The van der Waals surface area contributed by atoms with Crippen molar-refractivity contribution in [2.24, 2.45) is 0 Å². The fourth-order valence-corrected chi connectivity index (χ4v) is 2.44. The predicted octanol–water partition coefficient (Wildman–Crippen LogP) is 1.88. The van der Waals surface area contributed by atoms with Gasteiger partial charge in [0.25, 0.3) is 5.91 Å². The van der Waals surface area contributed by atoms with Crippen molar-refractivity contribution in [1.29, 1.82) is 10.7 Å². The first kappa shape index (κ1) is 19.4. The summed E-state index contributed by atoms with van der Waals surface area (Å²) < 4.78 is 19.7. The van der Waals surface area contributed by atoms with Crippen LogP contribution in [0.5, 0.6) is 11.5 Å². The molecule has 0 unspecified atom stereocenters. The first-order chi connectivity index (χ1) is 12.8. The monoisotopic (exact) mass is 370 g/mol. The van der Waals surface area contributed by atoms with Gasteiger partial charge in [0, 0.05) is 18.1 Å². The number of ether oxygens (including phenoxy) is 1. The normalized spacial score (nSPS) is 9.85. The zero-order valence-electron chi connectivity index (χ0n) is 14.4. The van der Waals surface area contributed by atoms with E-state index in [1.807, 2.05) is 6.07 Å². The van der Waals surface area contributed by atoms with E-state index in [0.717, 1.165) is 13.0 Å². The summed E-state index contributed by atoms with van der Waals surface area (Å²) in [6.45, 7) is 1.14. The third kappa shape index (κ3) is 4.01. The van der Waals surface area contributed by atoms with Crippen LogP contribution in [0, 0.1) is 22.6 Å². The van der Waals surface area contributed by atoms with E-state index < -0.39 is 34.9 Å². The summed E-state index contributed by atoms with van der Waals surface area (Å²) in [6, 6.07) is 8.33. The number of guanidine groups is 1. The summed E-state index contributed by atoms with van der Waals surface area (Å²) in [4.78, 5) is 23.5. The summed E-state index contributed by atoms with van der Waals surface area (Å²) in [5.41, 5.74) is -0.799. The molecule has 0 bridgehead atoms. The molecule has 2 aromatic rings. The van der Waals surface area contributed by atoms with Crippen LogP contribution in [0.4, 0.5) is 4.39 Å². The molecule has 8 nitrogen and oxygen atoms in total. The molecular formula is C18H15FN4O4. The lowest BCUT2D eigenvalue weighted by atomic mass is 9.93. The summed E-state index contributed by atoms with van der Waals surface area (Å²) in [5, 5.41) is 31.2. The van der Waals surface area contributed by atoms with Gasteiger partial charge in [-0.15, -0.1) is 0 Å². The Morgan fingerprint density at radius 3 is 2.56 bits per heavy atom. The zero-order chi connectivity index (χ0) is 20.1. The van der Waals surface area contributed by atoms with Gasteiger partial charge in [-0.2, -0.15) is 5.26 Å². The van der Waals surface area contributed by atoms with E-state index in [1.54, 1.807) is 0 Å². The molecule has 9 heteroatoms. The molecule has 2 aromatic carbocycles. The number of carbonyl (C=O) groups excluding carboxylic acids is 2. The van der Waals surface area contributed by atoms with Crippen molar-refractivity contribution < 1.29 is 23.8 Å². The van der Waals surface area contributed by atoms with Gasteiger partial charge < -0.3 is 9.84 Å². The minimum Gasteiger partial charge on any atom is -0.507 e. The number of methoxy groups -OCH3 is 1. The highest BCUT2D eigenvalue weighted by Crippen LogP contribution is 2.37. The van der Waals surface area contributed by atoms with Crippen molar-refractivity contribution in [1.82, 2.24) is 10.6 Å². The van der Waals surface area contributed by atoms with Gasteiger partial charge in [-0.05, 0) is 18.2 Å². The van der Waals surface area contributed by atoms with Crippen LogP contribution in [0.3, 0.4) is 0 Å². The molecule has 0 atom stereocenters. The number of carbonyl (C=O) groups is 2. The molecule has 0 heterocycles. The number of nitrogens with one attached hydrogen (secondary N) is 3. The number of aromatic hydroxyl groups is 1. The minimum absolute atomic E-state index is 0.0730. The minimum atomic E-state index is -0.999. The highest BCUT2D eigenvalue weighted by atomic mass is 19.1. The van der Waals surface area contributed by atoms with Crippen molar-refractivity contribution >= 4 is 17.8 Å². The average Bonchev–Trinajstić information content (AvgIpc) is 2.60. The van der Waals surface area contributed by atoms with E-state index in [9.17, 15) is 24.3 Å². The molecular weight excluding hydrogens is 355 g/mol. The van der Waals surface area contributed by atoms with Crippen LogP contribution in [0.1, 0.15) is 22.8 Å². The lowest BCUT2D eigenvalue weighted by Crippen LogP contribution is -2.42. The highest BCUT2D eigenvalue weighted by Gasteiger charge is 2.25. The first-order valence-electron chi connectivity index (χ1n) is 7.56. The van der Waals surface area contributed by atoms with Crippen LogP contribution in [0.2, 0.25) is 0 Å². The smallest absolute Gasteiger partial charge is 0.262 e. The van der Waals surface area contributed by atoms with E-state index >= 15 is 0 Å². The summed E-state index contributed by atoms with van der Waals surface area (Å²) in [6.07, 6.45) is 0. The third-order valence-electron chi connectivity index (χ3n) is 3.52. The topological polar surface area (TPSA) is 135 Å². The zero-order valence-corrected chi connectivity index (χ0v) is 14.4. The summed E-state index contributed by atoms with van der Waals surface area (Å²) in [7, 11) is 1.26. The second kappa shape index (κ2) is 7.97. The number of rotatable bonds is 3. The van der Waals surface area contributed by atoms with E-state index in [-0.39, 0.29) is 22.4 Å². The molecule has 0 fully saturated rings. The molecule has 0 aliphatic carbocycles. The lowest BCUT2D eigenvalue weighted by Gasteiger charge is -2.15. The Kier molecular flexibility index (Phi) is 5.72. The van der Waals surface area contributed by atoms with Crippen LogP contribution < -0.4 is 15.4 Å². The number of nitriles is 1. The molecule has 0 saturated carbocycles. The number of hydrogen-bond donors (Lipinski definition) is 4. The van der Waals surface area contributed by atoms with E-state index in [1.165, 1.54) is 31.4 Å². The molecule has 2 amide bonds. The Hall–Kier alpha value is -3.93. The van der Waals surface area contributed by atoms with Crippen LogP contribution in [0.15, 0.2) is 30.3 Å². The Balaban J connectivity index is 2.66. The van der Waals surface area contributed by atoms with Crippen molar-refractivity contribution in [2.45, 2.75) is 6.92 Å². The standard InChI is InChI=1S/C18H15FN4O4/c1-9(24)22-18(21)23-17(26)15-12(25)7-6-10(8-20)14(15)11-4-3-5-13(27-2)16(11)19/h3-7,25H,1-2H3,(H3,21,22,23,24,26). The molecule has 0 aliphatic heterocycles.